The molecule has 1 aliphatic heterocycles. The minimum Gasteiger partial charge on any atom is -0.335 e. The Kier molecular flexibility index (Phi) is 4.51. The van der Waals surface area contributed by atoms with Gasteiger partial charge in [0.05, 0.1) is 20.0 Å². The molecule has 0 saturated carbocycles. The van der Waals surface area contributed by atoms with Crippen LogP contribution in [0.5, 0.6) is 0 Å². The molecule has 4 heterocycles. The Bertz CT molecular complexity index is 952. The van der Waals surface area contributed by atoms with Gasteiger partial charge in [-0.3, -0.25) is 14.7 Å². The number of nitrogens with one attached hydrogen (secondary N) is 2. The molecule has 0 bridgehead atoms. The van der Waals surface area contributed by atoms with Crippen LogP contribution >= 0.6 is 22.7 Å². The van der Waals surface area contributed by atoms with Crippen molar-refractivity contribution in [3.05, 3.63) is 32.8 Å². The molecule has 0 aliphatic carbocycles. The maximum absolute atomic E-state index is 12.9. The summed E-state index contributed by atoms with van der Waals surface area (Å²) < 4.78 is 0.810. The minimum absolute atomic E-state index is 0.0562. The van der Waals surface area contributed by atoms with Crippen LogP contribution in [0.25, 0.3) is 10.2 Å². The predicted octanol–water partition coefficient (Wildman–Crippen LogP) is 2.63. The number of hydrogen-bond acceptors (Lipinski definition) is 6. The van der Waals surface area contributed by atoms with E-state index in [2.05, 4.69) is 27.5 Å². The normalized spacial score (nSPS) is 15.5. The molecule has 0 atom stereocenters. The molecule has 136 valence electrons. The van der Waals surface area contributed by atoms with Crippen molar-refractivity contribution in [2.24, 2.45) is 0 Å². The van der Waals surface area contributed by atoms with Gasteiger partial charge in [-0.15, -0.1) is 22.7 Å². The third-order valence-electron chi connectivity index (χ3n) is 4.60. The first kappa shape index (κ1) is 17.2. The number of amides is 2. The van der Waals surface area contributed by atoms with Gasteiger partial charge in [0.1, 0.15) is 0 Å². The van der Waals surface area contributed by atoms with Crippen molar-refractivity contribution in [2.75, 3.05) is 38.5 Å². The Labute approximate surface area is 158 Å². The van der Waals surface area contributed by atoms with Gasteiger partial charge >= 0.3 is 0 Å². The molecule has 1 fully saturated rings. The molecular formula is C17H19N5O2S2. The van der Waals surface area contributed by atoms with E-state index in [1.807, 2.05) is 23.3 Å². The number of aromatic nitrogens is 2. The van der Waals surface area contributed by atoms with Crippen molar-refractivity contribution < 1.29 is 9.59 Å². The average Bonchev–Trinajstić information content (AvgIpc) is 3.35. The molecule has 26 heavy (non-hydrogen) atoms. The lowest BCUT2D eigenvalue weighted by molar-refractivity contribution is 0.0668. The number of rotatable bonds is 3. The first-order valence-corrected chi connectivity index (χ1v) is 10.0. The lowest BCUT2D eigenvalue weighted by Gasteiger charge is -2.32. The molecule has 1 aliphatic rings. The predicted molar refractivity (Wildman–Crippen MR) is 104 cm³/mol. The van der Waals surface area contributed by atoms with E-state index in [1.165, 1.54) is 22.7 Å². The Morgan fingerprint density at radius 2 is 2.04 bits per heavy atom. The van der Waals surface area contributed by atoms with Crippen molar-refractivity contribution >= 4 is 50.5 Å². The van der Waals surface area contributed by atoms with Gasteiger partial charge in [0.15, 0.2) is 5.82 Å². The SMILES string of the molecule is Cc1c(C(=O)N2CCN(C)CC2)sc2c(NC(=O)c3cccs3)n[nH]c12. The number of nitrogens with zero attached hydrogens (tertiary/aromatic N) is 3. The van der Waals surface area contributed by atoms with Crippen LogP contribution in [0.3, 0.4) is 0 Å². The number of H-pyrrole nitrogens is 1. The highest BCUT2D eigenvalue weighted by atomic mass is 32.1. The molecule has 4 rings (SSSR count). The number of piperazine rings is 1. The van der Waals surface area contributed by atoms with Gasteiger partial charge in [-0.2, -0.15) is 5.10 Å². The molecule has 2 N–H and O–H groups in total. The zero-order valence-corrected chi connectivity index (χ0v) is 16.2. The minimum atomic E-state index is -0.189. The summed E-state index contributed by atoms with van der Waals surface area (Å²) >= 11 is 2.77. The zero-order valence-electron chi connectivity index (χ0n) is 14.5. The van der Waals surface area contributed by atoms with Crippen LogP contribution in [0.4, 0.5) is 5.82 Å². The molecular weight excluding hydrogens is 370 g/mol. The van der Waals surface area contributed by atoms with Gasteiger partial charge in [-0.05, 0) is 31.0 Å². The second-order valence-electron chi connectivity index (χ2n) is 6.36. The molecule has 3 aromatic rings. The number of anilines is 1. The fourth-order valence-corrected chi connectivity index (χ4v) is 4.79. The lowest BCUT2D eigenvalue weighted by Crippen LogP contribution is -2.47. The van der Waals surface area contributed by atoms with Crippen LogP contribution in [0.1, 0.15) is 24.9 Å². The van der Waals surface area contributed by atoms with Gasteiger partial charge in [0, 0.05) is 26.2 Å². The molecule has 3 aromatic heterocycles. The number of fused-ring (bicyclic) bond motifs is 1. The number of carbonyl (C=O) groups excluding carboxylic acids is 2. The molecule has 0 unspecified atom stereocenters. The highest BCUT2D eigenvalue weighted by Gasteiger charge is 2.26. The fourth-order valence-electron chi connectivity index (χ4n) is 3.00. The number of aromatic amines is 1. The molecule has 2 amide bonds. The van der Waals surface area contributed by atoms with Gasteiger partial charge in [-0.25, -0.2) is 0 Å². The van der Waals surface area contributed by atoms with Crippen LogP contribution in [0, 0.1) is 6.92 Å². The second kappa shape index (κ2) is 6.82. The first-order chi connectivity index (χ1) is 12.5. The summed E-state index contributed by atoms with van der Waals surface area (Å²) in [6.07, 6.45) is 0. The van der Waals surface area contributed by atoms with E-state index < -0.39 is 0 Å². The fraction of sp³-hybridized carbons (Fsp3) is 0.353. The van der Waals surface area contributed by atoms with Crippen LogP contribution in [0.15, 0.2) is 17.5 Å². The van der Waals surface area contributed by atoms with E-state index in [1.54, 1.807) is 6.07 Å². The quantitative estimate of drug-likeness (QED) is 0.722. The standard InChI is InChI=1S/C17H19N5O2S2/c1-10-12-14(15(20-19-12)18-16(23)11-4-3-9-25-11)26-13(10)17(24)22-7-5-21(2)6-8-22/h3-4,9H,5-8H2,1-2H3,(H2,18,19,20,23). The smallest absolute Gasteiger partial charge is 0.266 e. The van der Waals surface area contributed by atoms with Gasteiger partial charge in [-0.1, -0.05) is 6.07 Å². The number of hydrogen-bond donors (Lipinski definition) is 2. The van der Waals surface area contributed by atoms with E-state index >= 15 is 0 Å². The monoisotopic (exact) mass is 389 g/mol. The Hall–Kier alpha value is -2.23. The largest absolute Gasteiger partial charge is 0.335 e. The highest BCUT2D eigenvalue weighted by Crippen LogP contribution is 2.35. The van der Waals surface area contributed by atoms with E-state index in [9.17, 15) is 9.59 Å². The van der Waals surface area contributed by atoms with E-state index in [-0.39, 0.29) is 11.8 Å². The van der Waals surface area contributed by atoms with Crippen molar-refractivity contribution in [1.82, 2.24) is 20.0 Å². The third-order valence-corrected chi connectivity index (χ3v) is 6.76. The van der Waals surface area contributed by atoms with Gasteiger partial charge in [0.25, 0.3) is 11.8 Å². The molecule has 1 saturated heterocycles. The summed E-state index contributed by atoms with van der Waals surface area (Å²) in [6.45, 7) is 5.17. The van der Waals surface area contributed by atoms with Crippen LogP contribution in [0.2, 0.25) is 0 Å². The summed E-state index contributed by atoms with van der Waals surface area (Å²) in [5.74, 6) is 0.344. The third kappa shape index (κ3) is 3.02. The molecule has 9 heteroatoms. The van der Waals surface area contributed by atoms with Crippen molar-refractivity contribution in [2.45, 2.75) is 6.92 Å². The Morgan fingerprint density at radius 1 is 1.27 bits per heavy atom. The van der Waals surface area contributed by atoms with E-state index in [4.69, 9.17) is 0 Å². The summed E-state index contributed by atoms with van der Waals surface area (Å²) in [5.41, 5.74) is 1.70. The van der Waals surface area contributed by atoms with Crippen molar-refractivity contribution in [3.63, 3.8) is 0 Å². The summed E-state index contributed by atoms with van der Waals surface area (Å²) in [6, 6.07) is 3.60. The summed E-state index contributed by atoms with van der Waals surface area (Å²) in [7, 11) is 2.07. The molecule has 7 nitrogen and oxygen atoms in total. The maximum Gasteiger partial charge on any atom is 0.266 e. The molecule has 0 spiro atoms. The molecule has 0 aromatic carbocycles. The lowest BCUT2D eigenvalue weighted by atomic mass is 10.2. The number of likely N-dealkylation sites (N-methyl/N-ethyl adjacent to an activating group) is 1. The first-order valence-electron chi connectivity index (χ1n) is 8.34. The van der Waals surface area contributed by atoms with E-state index in [0.29, 0.717) is 15.6 Å². The number of aryl methyl sites for hydroxylation is 1. The Morgan fingerprint density at radius 3 is 2.73 bits per heavy atom. The molecule has 0 radical (unpaired) electrons. The summed E-state index contributed by atoms with van der Waals surface area (Å²) in [4.78, 5) is 30.7. The Balaban J connectivity index is 1.60. The van der Waals surface area contributed by atoms with Crippen molar-refractivity contribution in [3.8, 4) is 0 Å². The second-order valence-corrected chi connectivity index (χ2v) is 8.33. The topological polar surface area (TPSA) is 81.3 Å². The van der Waals surface area contributed by atoms with Crippen molar-refractivity contribution in [1.29, 1.82) is 0 Å². The van der Waals surface area contributed by atoms with E-state index in [0.717, 1.165) is 42.0 Å². The number of carbonyl (C=O) groups is 2. The maximum atomic E-state index is 12.9. The van der Waals surface area contributed by atoms with Crippen LogP contribution in [-0.2, 0) is 0 Å². The van der Waals surface area contributed by atoms with Crippen LogP contribution in [-0.4, -0.2) is 65.0 Å². The van der Waals surface area contributed by atoms with Crippen LogP contribution < -0.4 is 5.32 Å². The number of thiophene rings is 2. The van der Waals surface area contributed by atoms with Gasteiger partial charge < -0.3 is 15.1 Å². The highest BCUT2D eigenvalue weighted by molar-refractivity contribution is 7.21. The zero-order chi connectivity index (χ0) is 18.3. The average molecular weight is 390 g/mol. The van der Waals surface area contributed by atoms with Gasteiger partial charge in [0.2, 0.25) is 0 Å². The summed E-state index contributed by atoms with van der Waals surface area (Å²) in [5, 5.41) is 11.9.